The maximum atomic E-state index is 12.7. The number of nitrogens with zero attached hydrogens (tertiary/aromatic N) is 2. The van der Waals surface area contributed by atoms with Gasteiger partial charge in [-0.15, -0.1) is 0 Å². The van der Waals surface area contributed by atoms with Crippen LogP contribution in [0, 0.1) is 5.92 Å². The molecule has 2 amide bonds. The summed E-state index contributed by atoms with van der Waals surface area (Å²) >= 11 is 3.43. The Labute approximate surface area is 149 Å². The minimum atomic E-state index is -0.957. The average Bonchev–Trinajstić information content (AvgIpc) is 2.88. The van der Waals surface area contributed by atoms with E-state index < -0.39 is 11.9 Å². The molecule has 0 saturated carbocycles. The van der Waals surface area contributed by atoms with Gasteiger partial charge in [-0.05, 0) is 48.3 Å². The van der Waals surface area contributed by atoms with E-state index in [1.807, 2.05) is 38.1 Å². The third kappa shape index (κ3) is 3.95. The van der Waals surface area contributed by atoms with Gasteiger partial charge in [0.25, 0.3) is 0 Å². The second-order valence-corrected chi connectivity index (χ2v) is 6.91. The van der Waals surface area contributed by atoms with Crippen LogP contribution in [0.4, 0.5) is 5.69 Å². The molecule has 24 heavy (non-hydrogen) atoms. The van der Waals surface area contributed by atoms with Gasteiger partial charge in [-0.3, -0.25) is 14.4 Å². The molecular formula is C17H21BrN2O4. The largest absolute Gasteiger partial charge is 0.481 e. The number of halogens is 1. The molecule has 1 aliphatic rings. The SMILES string of the molecule is CC(C)N(CCC(=O)O)C(=O)C1CCN(c2ccccc2Br)C1=O. The minimum absolute atomic E-state index is 0.116. The number of hydrogen-bond acceptors (Lipinski definition) is 3. The number of carbonyl (C=O) groups excluding carboxylic acids is 2. The Morgan fingerprint density at radius 3 is 2.62 bits per heavy atom. The van der Waals surface area contributed by atoms with Crippen molar-refractivity contribution in [2.24, 2.45) is 5.92 Å². The Morgan fingerprint density at radius 2 is 2.04 bits per heavy atom. The van der Waals surface area contributed by atoms with Crippen molar-refractivity contribution in [3.8, 4) is 0 Å². The molecule has 0 radical (unpaired) electrons. The summed E-state index contributed by atoms with van der Waals surface area (Å²) in [5.74, 6) is -2.21. The lowest BCUT2D eigenvalue weighted by Crippen LogP contribution is -2.44. The molecule has 1 aromatic rings. The first-order valence-electron chi connectivity index (χ1n) is 7.91. The van der Waals surface area contributed by atoms with Crippen molar-refractivity contribution in [2.45, 2.75) is 32.7 Å². The second kappa shape index (κ2) is 7.79. The number of anilines is 1. The molecule has 1 N–H and O–H groups in total. The number of carboxylic acids is 1. The molecule has 0 spiro atoms. The third-order valence-corrected chi connectivity index (χ3v) is 4.79. The van der Waals surface area contributed by atoms with E-state index in [4.69, 9.17) is 5.11 Å². The average molecular weight is 397 g/mol. The van der Waals surface area contributed by atoms with Crippen molar-refractivity contribution < 1.29 is 19.5 Å². The Kier molecular flexibility index (Phi) is 5.99. The number of benzene rings is 1. The van der Waals surface area contributed by atoms with Gasteiger partial charge in [0.15, 0.2) is 0 Å². The molecule has 1 atom stereocenters. The highest BCUT2D eigenvalue weighted by Crippen LogP contribution is 2.32. The van der Waals surface area contributed by atoms with Gasteiger partial charge in [-0.2, -0.15) is 0 Å². The summed E-state index contributed by atoms with van der Waals surface area (Å²) in [6.07, 6.45) is 0.314. The van der Waals surface area contributed by atoms with E-state index in [0.717, 1.165) is 10.2 Å². The quantitative estimate of drug-likeness (QED) is 0.749. The Bertz CT molecular complexity index is 647. The molecule has 0 aromatic heterocycles. The first-order chi connectivity index (χ1) is 11.3. The Balaban J connectivity index is 2.14. The van der Waals surface area contributed by atoms with E-state index in [1.54, 1.807) is 4.90 Å². The number of amides is 2. The Morgan fingerprint density at radius 1 is 1.38 bits per heavy atom. The molecule has 0 aliphatic carbocycles. The lowest BCUT2D eigenvalue weighted by atomic mass is 10.1. The predicted molar refractivity (Wildman–Crippen MR) is 93.7 cm³/mol. The summed E-state index contributed by atoms with van der Waals surface area (Å²) in [6, 6.07) is 7.24. The van der Waals surface area contributed by atoms with Gasteiger partial charge < -0.3 is 14.9 Å². The number of rotatable bonds is 6. The Hall–Kier alpha value is -1.89. The molecule has 1 fully saturated rings. The van der Waals surface area contributed by atoms with Crippen molar-refractivity contribution in [3.05, 3.63) is 28.7 Å². The summed E-state index contributed by atoms with van der Waals surface area (Å²) in [4.78, 5) is 39.3. The highest BCUT2D eigenvalue weighted by molar-refractivity contribution is 9.10. The lowest BCUT2D eigenvalue weighted by molar-refractivity contribution is -0.142. The van der Waals surface area contributed by atoms with Crippen LogP contribution in [-0.2, 0) is 14.4 Å². The first-order valence-corrected chi connectivity index (χ1v) is 8.70. The van der Waals surface area contributed by atoms with Gasteiger partial charge in [-0.1, -0.05) is 12.1 Å². The zero-order valence-corrected chi connectivity index (χ0v) is 15.3. The molecule has 1 heterocycles. The van der Waals surface area contributed by atoms with Crippen molar-refractivity contribution >= 4 is 39.4 Å². The summed E-state index contributed by atoms with van der Waals surface area (Å²) < 4.78 is 0.804. The van der Waals surface area contributed by atoms with Gasteiger partial charge in [0.05, 0.1) is 12.1 Å². The predicted octanol–water partition coefficient (Wildman–Crippen LogP) is 2.51. The van der Waals surface area contributed by atoms with Gasteiger partial charge in [0.1, 0.15) is 5.92 Å². The number of hydrogen-bond donors (Lipinski definition) is 1. The van der Waals surface area contributed by atoms with Crippen LogP contribution < -0.4 is 4.90 Å². The van der Waals surface area contributed by atoms with E-state index in [1.165, 1.54) is 4.90 Å². The molecule has 1 aliphatic heterocycles. The van der Waals surface area contributed by atoms with E-state index in [0.29, 0.717) is 13.0 Å². The lowest BCUT2D eigenvalue weighted by Gasteiger charge is -2.28. The van der Waals surface area contributed by atoms with Crippen LogP contribution in [0.15, 0.2) is 28.7 Å². The van der Waals surface area contributed by atoms with E-state index >= 15 is 0 Å². The molecular weight excluding hydrogens is 376 g/mol. The van der Waals surface area contributed by atoms with Crippen molar-refractivity contribution in [1.29, 1.82) is 0 Å². The molecule has 7 heteroatoms. The molecule has 1 aromatic carbocycles. The van der Waals surface area contributed by atoms with Crippen LogP contribution >= 0.6 is 15.9 Å². The number of para-hydroxylation sites is 1. The standard InChI is InChI=1S/C17H21BrN2O4/c1-11(2)19(10-8-15(21)22)16(23)12-7-9-20(17(12)24)14-6-4-3-5-13(14)18/h3-6,11-12H,7-10H2,1-2H3,(H,21,22). The second-order valence-electron chi connectivity index (χ2n) is 6.05. The van der Waals surface area contributed by atoms with Crippen molar-refractivity contribution in [3.63, 3.8) is 0 Å². The highest BCUT2D eigenvalue weighted by atomic mass is 79.9. The molecule has 6 nitrogen and oxygen atoms in total. The summed E-state index contributed by atoms with van der Waals surface area (Å²) in [6.45, 7) is 4.24. The fourth-order valence-corrected chi connectivity index (χ4v) is 3.36. The summed E-state index contributed by atoms with van der Waals surface area (Å²) in [5, 5.41) is 8.85. The normalized spacial score (nSPS) is 17.4. The van der Waals surface area contributed by atoms with E-state index in [9.17, 15) is 14.4 Å². The van der Waals surface area contributed by atoms with Gasteiger partial charge in [-0.25, -0.2) is 0 Å². The van der Waals surface area contributed by atoms with Gasteiger partial charge in [0.2, 0.25) is 11.8 Å². The minimum Gasteiger partial charge on any atom is -0.481 e. The smallest absolute Gasteiger partial charge is 0.305 e. The fourth-order valence-electron chi connectivity index (χ4n) is 2.86. The fraction of sp³-hybridized carbons (Fsp3) is 0.471. The first kappa shape index (κ1) is 18.4. The molecule has 130 valence electrons. The van der Waals surface area contributed by atoms with E-state index in [-0.39, 0.29) is 30.8 Å². The van der Waals surface area contributed by atoms with Crippen molar-refractivity contribution in [1.82, 2.24) is 4.90 Å². The van der Waals surface area contributed by atoms with Crippen LogP contribution in [0.2, 0.25) is 0 Å². The van der Waals surface area contributed by atoms with Crippen LogP contribution in [0.5, 0.6) is 0 Å². The molecule has 2 rings (SSSR count). The van der Waals surface area contributed by atoms with E-state index in [2.05, 4.69) is 15.9 Å². The maximum absolute atomic E-state index is 12.7. The zero-order valence-electron chi connectivity index (χ0n) is 13.7. The topological polar surface area (TPSA) is 77.9 Å². The number of aliphatic carboxylic acids is 1. The third-order valence-electron chi connectivity index (χ3n) is 4.12. The van der Waals surface area contributed by atoms with Gasteiger partial charge in [0, 0.05) is 23.6 Å². The maximum Gasteiger partial charge on any atom is 0.305 e. The number of carbonyl (C=O) groups is 3. The monoisotopic (exact) mass is 396 g/mol. The zero-order chi connectivity index (χ0) is 17.9. The van der Waals surface area contributed by atoms with Crippen LogP contribution in [0.25, 0.3) is 0 Å². The van der Waals surface area contributed by atoms with Crippen LogP contribution in [-0.4, -0.2) is 46.9 Å². The number of carboxylic acid groups (broad SMARTS) is 1. The molecule has 1 saturated heterocycles. The van der Waals surface area contributed by atoms with Crippen LogP contribution in [0.3, 0.4) is 0 Å². The molecule has 1 unspecified atom stereocenters. The highest BCUT2D eigenvalue weighted by Gasteiger charge is 2.40. The van der Waals surface area contributed by atoms with Crippen molar-refractivity contribution in [2.75, 3.05) is 18.0 Å². The van der Waals surface area contributed by atoms with Crippen LogP contribution in [0.1, 0.15) is 26.7 Å². The summed E-state index contributed by atoms with van der Waals surface area (Å²) in [7, 11) is 0. The summed E-state index contributed by atoms with van der Waals surface area (Å²) in [5.41, 5.74) is 0.749. The molecule has 0 bridgehead atoms. The van der Waals surface area contributed by atoms with Gasteiger partial charge >= 0.3 is 5.97 Å².